The lowest BCUT2D eigenvalue weighted by Crippen LogP contribution is -1.83. The first-order valence-corrected chi connectivity index (χ1v) is 4.81. The zero-order valence-electron chi connectivity index (χ0n) is 8.60. The fourth-order valence-corrected chi connectivity index (χ4v) is 1.62. The van der Waals surface area contributed by atoms with Crippen molar-refractivity contribution in [3.8, 4) is 11.3 Å². The molecule has 0 atom stereocenters. The van der Waals surface area contributed by atoms with Crippen LogP contribution in [0.15, 0.2) is 33.3 Å². The summed E-state index contributed by atoms with van der Waals surface area (Å²) in [6.07, 6.45) is 1.52. The number of nitrogens with zero attached hydrogens (tertiary/aromatic N) is 2. The number of fused-ring (bicyclic) bond motifs is 1. The second-order valence-corrected chi connectivity index (χ2v) is 3.49. The van der Waals surface area contributed by atoms with Crippen LogP contribution in [0, 0.1) is 6.92 Å². The lowest BCUT2D eigenvalue weighted by molar-refractivity contribution is 0.561. The average Bonchev–Trinajstić information content (AvgIpc) is 2.81. The summed E-state index contributed by atoms with van der Waals surface area (Å²) in [5, 5.41) is 0. The lowest BCUT2D eigenvalue weighted by Gasteiger charge is -1.93. The van der Waals surface area contributed by atoms with Gasteiger partial charge in [-0.3, -0.25) is 0 Å². The van der Waals surface area contributed by atoms with Crippen LogP contribution in [-0.4, -0.2) is 9.97 Å². The molecule has 0 aliphatic rings. The van der Waals surface area contributed by atoms with Gasteiger partial charge in [-0.1, -0.05) is 0 Å². The normalized spacial score (nSPS) is 11.1. The standard InChI is InChI=1S/C11H9N3O2/c1-6-13-8-4-7(2-3-10(8)16-6)9-5-15-11(12)14-9/h2-5H,1H3,(H2,12,14). The van der Waals surface area contributed by atoms with Gasteiger partial charge in [-0.2, -0.15) is 4.98 Å². The molecule has 2 heterocycles. The molecule has 2 aromatic heterocycles. The Balaban J connectivity index is 2.17. The van der Waals surface area contributed by atoms with Crippen LogP contribution in [0.2, 0.25) is 0 Å². The summed E-state index contributed by atoms with van der Waals surface area (Å²) in [6, 6.07) is 5.80. The molecule has 2 N–H and O–H groups in total. The van der Waals surface area contributed by atoms with Crippen molar-refractivity contribution in [1.82, 2.24) is 9.97 Å². The SMILES string of the molecule is Cc1nc2cc(-c3coc(N)n3)ccc2o1. The number of anilines is 1. The molecule has 80 valence electrons. The van der Waals surface area contributed by atoms with E-state index in [1.165, 1.54) is 6.26 Å². The van der Waals surface area contributed by atoms with E-state index >= 15 is 0 Å². The molecule has 1 aromatic carbocycles. The van der Waals surface area contributed by atoms with Crippen LogP contribution in [0.1, 0.15) is 5.89 Å². The predicted octanol–water partition coefficient (Wildman–Crippen LogP) is 2.37. The highest BCUT2D eigenvalue weighted by Crippen LogP contribution is 2.24. The summed E-state index contributed by atoms with van der Waals surface area (Å²) in [5.41, 5.74) is 8.58. The third-order valence-electron chi connectivity index (χ3n) is 2.31. The molecule has 0 aliphatic heterocycles. The monoisotopic (exact) mass is 215 g/mol. The Morgan fingerprint density at radius 2 is 2.12 bits per heavy atom. The highest BCUT2D eigenvalue weighted by molar-refractivity contribution is 5.79. The molecule has 0 saturated carbocycles. The maximum absolute atomic E-state index is 5.42. The van der Waals surface area contributed by atoms with Crippen molar-refractivity contribution in [2.45, 2.75) is 6.92 Å². The zero-order valence-corrected chi connectivity index (χ0v) is 8.60. The van der Waals surface area contributed by atoms with Crippen molar-refractivity contribution in [1.29, 1.82) is 0 Å². The van der Waals surface area contributed by atoms with Crippen molar-refractivity contribution in [3.05, 3.63) is 30.4 Å². The quantitative estimate of drug-likeness (QED) is 0.674. The molecule has 0 bridgehead atoms. The van der Waals surface area contributed by atoms with Crippen LogP contribution < -0.4 is 5.73 Å². The summed E-state index contributed by atoms with van der Waals surface area (Å²) in [7, 11) is 0. The second-order valence-electron chi connectivity index (χ2n) is 3.49. The minimum atomic E-state index is 0.159. The summed E-state index contributed by atoms with van der Waals surface area (Å²) in [5.74, 6) is 0.645. The van der Waals surface area contributed by atoms with E-state index in [1.54, 1.807) is 0 Å². The minimum absolute atomic E-state index is 0.159. The molecule has 0 spiro atoms. The topological polar surface area (TPSA) is 78.1 Å². The van der Waals surface area contributed by atoms with Crippen LogP contribution in [0.5, 0.6) is 0 Å². The van der Waals surface area contributed by atoms with Gasteiger partial charge < -0.3 is 14.6 Å². The summed E-state index contributed by atoms with van der Waals surface area (Å²) >= 11 is 0. The number of aryl methyl sites for hydroxylation is 1. The van der Waals surface area contributed by atoms with Crippen molar-refractivity contribution >= 4 is 17.1 Å². The fraction of sp³-hybridized carbons (Fsp3) is 0.0909. The molecule has 5 nitrogen and oxygen atoms in total. The molecule has 3 rings (SSSR count). The predicted molar refractivity (Wildman–Crippen MR) is 58.7 cm³/mol. The number of hydrogen-bond acceptors (Lipinski definition) is 5. The fourth-order valence-electron chi connectivity index (χ4n) is 1.62. The summed E-state index contributed by atoms with van der Waals surface area (Å²) < 4.78 is 10.3. The van der Waals surface area contributed by atoms with Crippen LogP contribution in [0.25, 0.3) is 22.4 Å². The van der Waals surface area contributed by atoms with E-state index < -0.39 is 0 Å². The van der Waals surface area contributed by atoms with E-state index in [0.717, 1.165) is 16.7 Å². The number of rotatable bonds is 1. The van der Waals surface area contributed by atoms with E-state index in [0.29, 0.717) is 11.6 Å². The van der Waals surface area contributed by atoms with Crippen molar-refractivity contribution < 1.29 is 8.83 Å². The maximum atomic E-state index is 5.42. The lowest BCUT2D eigenvalue weighted by atomic mass is 10.1. The molecule has 16 heavy (non-hydrogen) atoms. The van der Waals surface area contributed by atoms with Gasteiger partial charge in [0.2, 0.25) is 0 Å². The van der Waals surface area contributed by atoms with Gasteiger partial charge in [0.1, 0.15) is 17.5 Å². The van der Waals surface area contributed by atoms with Gasteiger partial charge in [-0.25, -0.2) is 4.98 Å². The Morgan fingerprint density at radius 1 is 1.25 bits per heavy atom. The second kappa shape index (κ2) is 3.10. The summed E-state index contributed by atoms with van der Waals surface area (Å²) in [6.45, 7) is 1.81. The molecule has 0 unspecified atom stereocenters. The number of nitrogens with two attached hydrogens (primary N) is 1. The Bertz CT molecular complexity index is 654. The number of hydrogen-bond donors (Lipinski definition) is 1. The number of oxazole rings is 2. The molecule has 0 radical (unpaired) electrons. The van der Waals surface area contributed by atoms with Crippen molar-refractivity contribution in [2.24, 2.45) is 0 Å². The molecule has 5 heteroatoms. The molecule has 0 fully saturated rings. The van der Waals surface area contributed by atoms with E-state index in [4.69, 9.17) is 14.6 Å². The Hall–Kier alpha value is -2.30. The summed E-state index contributed by atoms with van der Waals surface area (Å²) in [4.78, 5) is 8.30. The maximum Gasteiger partial charge on any atom is 0.292 e. The van der Waals surface area contributed by atoms with E-state index in [9.17, 15) is 0 Å². The van der Waals surface area contributed by atoms with Crippen LogP contribution in [0.3, 0.4) is 0 Å². The Kier molecular flexibility index (Phi) is 1.73. The van der Waals surface area contributed by atoms with Gasteiger partial charge >= 0.3 is 0 Å². The Morgan fingerprint density at radius 3 is 2.88 bits per heavy atom. The molecule has 0 saturated heterocycles. The number of aromatic nitrogens is 2. The van der Waals surface area contributed by atoms with Gasteiger partial charge in [0.25, 0.3) is 6.01 Å². The van der Waals surface area contributed by atoms with Gasteiger partial charge in [0.15, 0.2) is 11.5 Å². The first-order valence-electron chi connectivity index (χ1n) is 4.81. The zero-order chi connectivity index (χ0) is 11.1. The average molecular weight is 215 g/mol. The van der Waals surface area contributed by atoms with Crippen LogP contribution in [0.4, 0.5) is 6.01 Å². The van der Waals surface area contributed by atoms with E-state index in [1.807, 2.05) is 25.1 Å². The van der Waals surface area contributed by atoms with Crippen molar-refractivity contribution in [2.75, 3.05) is 5.73 Å². The highest BCUT2D eigenvalue weighted by atomic mass is 16.4. The molecular formula is C11H9N3O2. The van der Waals surface area contributed by atoms with Gasteiger partial charge in [-0.15, -0.1) is 0 Å². The first kappa shape index (κ1) is 8.96. The smallest absolute Gasteiger partial charge is 0.292 e. The Labute approximate surface area is 90.9 Å². The molecule has 3 aromatic rings. The largest absolute Gasteiger partial charge is 0.441 e. The molecule has 0 amide bonds. The minimum Gasteiger partial charge on any atom is -0.441 e. The van der Waals surface area contributed by atoms with Gasteiger partial charge in [0.05, 0.1) is 0 Å². The van der Waals surface area contributed by atoms with Crippen LogP contribution >= 0.6 is 0 Å². The van der Waals surface area contributed by atoms with Crippen molar-refractivity contribution in [3.63, 3.8) is 0 Å². The third kappa shape index (κ3) is 1.33. The van der Waals surface area contributed by atoms with E-state index in [2.05, 4.69) is 9.97 Å². The van der Waals surface area contributed by atoms with Crippen LogP contribution in [-0.2, 0) is 0 Å². The first-order chi connectivity index (χ1) is 7.72. The number of nitrogen functional groups attached to an aromatic ring is 1. The van der Waals surface area contributed by atoms with E-state index in [-0.39, 0.29) is 6.01 Å². The highest BCUT2D eigenvalue weighted by Gasteiger charge is 2.07. The molecule has 0 aliphatic carbocycles. The third-order valence-corrected chi connectivity index (χ3v) is 2.31. The molecular weight excluding hydrogens is 206 g/mol. The van der Waals surface area contributed by atoms with Gasteiger partial charge in [0, 0.05) is 12.5 Å². The van der Waals surface area contributed by atoms with Gasteiger partial charge in [-0.05, 0) is 18.2 Å². The number of benzene rings is 1.